The first kappa shape index (κ1) is 16.1. The average molecular weight is 329 g/mol. The van der Waals surface area contributed by atoms with Gasteiger partial charge in [-0.2, -0.15) is 0 Å². The standard InChI is InChI=1S/C15H18Cl2N2O2/c1-2-11(7-9-3-4-10(16)8-12(9)17)18-15(21)13-5-6-14(20)19-13/h3-4,8,11,13H,2,5-7H2,1H3,(H,18,21)(H,19,20). The van der Waals surface area contributed by atoms with Crippen LogP contribution in [0.25, 0.3) is 0 Å². The second-order valence-electron chi connectivity index (χ2n) is 5.21. The number of carbonyl (C=O) groups excluding carboxylic acids is 2. The maximum absolute atomic E-state index is 12.1. The number of benzene rings is 1. The smallest absolute Gasteiger partial charge is 0.242 e. The first-order chi connectivity index (χ1) is 9.99. The Labute approximate surface area is 134 Å². The van der Waals surface area contributed by atoms with Crippen LogP contribution in [0.5, 0.6) is 0 Å². The molecule has 2 N–H and O–H groups in total. The molecular weight excluding hydrogens is 311 g/mol. The van der Waals surface area contributed by atoms with Gasteiger partial charge in [-0.3, -0.25) is 9.59 Å². The topological polar surface area (TPSA) is 58.2 Å². The number of amides is 2. The Bertz CT molecular complexity index is 548. The molecule has 0 aromatic heterocycles. The largest absolute Gasteiger partial charge is 0.351 e. The van der Waals surface area contributed by atoms with Gasteiger partial charge in [0.1, 0.15) is 6.04 Å². The lowest BCUT2D eigenvalue weighted by Gasteiger charge is -2.20. The quantitative estimate of drug-likeness (QED) is 0.873. The van der Waals surface area contributed by atoms with Gasteiger partial charge in [-0.05, 0) is 37.0 Å². The Morgan fingerprint density at radius 3 is 2.81 bits per heavy atom. The Kier molecular flexibility index (Phi) is 5.48. The number of rotatable bonds is 5. The van der Waals surface area contributed by atoms with Gasteiger partial charge < -0.3 is 10.6 Å². The van der Waals surface area contributed by atoms with Gasteiger partial charge >= 0.3 is 0 Å². The fourth-order valence-corrected chi connectivity index (χ4v) is 2.85. The van der Waals surface area contributed by atoms with Crippen LogP contribution in [0.4, 0.5) is 0 Å². The van der Waals surface area contributed by atoms with E-state index in [2.05, 4.69) is 10.6 Å². The molecule has 1 aliphatic rings. The number of nitrogens with one attached hydrogen (secondary N) is 2. The first-order valence-corrected chi connectivity index (χ1v) is 7.79. The minimum atomic E-state index is -0.410. The molecule has 2 rings (SSSR count). The van der Waals surface area contributed by atoms with E-state index < -0.39 is 6.04 Å². The molecule has 1 saturated heterocycles. The Morgan fingerprint density at radius 2 is 2.24 bits per heavy atom. The number of carbonyl (C=O) groups is 2. The summed E-state index contributed by atoms with van der Waals surface area (Å²) in [6, 6.07) is 4.93. The Balaban J connectivity index is 1.96. The third kappa shape index (κ3) is 4.35. The first-order valence-electron chi connectivity index (χ1n) is 7.03. The highest BCUT2D eigenvalue weighted by molar-refractivity contribution is 6.35. The zero-order chi connectivity index (χ0) is 15.4. The summed E-state index contributed by atoms with van der Waals surface area (Å²) < 4.78 is 0. The van der Waals surface area contributed by atoms with Crippen molar-refractivity contribution in [3.05, 3.63) is 33.8 Å². The van der Waals surface area contributed by atoms with Crippen molar-refractivity contribution in [2.24, 2.45) is 0 Å². The molecule has 4 nitrogen and oxygen atoms in total. The van der Waals surface area contributed by atoms with Crippen LogP contribution in [0.2, 0.25) is 10.0 Å². The number of hydrogen-bond donors (Lipinski definition) is 2. The van der Waals surface area contributed by atoms with Gasteiger partial charge in [0.05, 0.1) is 0 Å². The molecule has 2 atom stereocenters. The van der Waals surface area contributed by atoms with Crippen LogP contribution < -0.4 is 10.6 Å². The Morgan fingerprint density at radius 1 is 1.48 bits per heavy atom. The van der Waals surface area contributed by atoms with Crippen molar-refractivity contribution in [1.82, 2.24) is 10.6 Å². The third-order valence-corrected chi connectivity index (χ3v) is 4.22. The maximum Gasteiger partial charge on any atom is 0.242 e. The molecule has 0 bridgehead atoms. The molecule has 1 heterocycles. The van der Waals surface area contributed by atoms with Gasteiger partial charge in [-0.1, -0.05) is 36.2 Å². The Hall–Kier alpha value is -1.26. The lowest BCUT2D eigenvalue weighted by Crippen LogP contribution is -2.46. The normalized spacial score (nSPS) is 19.2. The predicted octanol–water partition coefficient (Wildman–Crippen LogP) is 2.71. The molecule has 0 spiro atoms. The molecule has 2 unspecified atom stereocenters. The van der Waals surface area contributed by atoms with Crippen molar-refractivity contribution < 1.29 is 9.59 Å². The highest BCUT2D eigenvalue weighted by Crippen LogP contribution is 2.22. The number of halogens is 2. The van der Waals surface area contributed by atoms with Crippen LogP contribution >= 0.6 is 23.2 Å². The summed E-state index contributed by atoms with van der Waals surface area (Å²) in [5.74, 6) is -0.193. The van der Waals surface area contributed by atoms with Crippen LogP contribution in [0.3, 0.4) is 0 Å². The predicted molar refractivity (Wildman–Crippen MR) is 83.6 cm³/mol. The molecule has 0 radical (unpaired) electrons. The van der Waals surface area contributed by atoms with Crippen molar-refractivity contribution in [2.45, 2.75) is 44.7 Å². The van der Waals surface area contributed by atoms with Gasteiger partial charge in [0, 0.05) is 22.5 Å². The van der Waals surface area contributed by atoms with E-state index in [4.69, 9.17) is 23.2 Å². The molecular formula is C15H18Cl2N2O2. The lowest BCUT2D eigenvalue weighted by molar-refractivity contribution is -0.126. The van der Waals surface area contributed by atoms with Gasteiger partial charge in [0.2, 0.25) is 11.8 Å². The van der Waals surface area contributed by atoms with E-state index in [1.807, 2.05) is 13.0 Å². The van der Waals surface area contributed by atoms with Crippen molar-refractivity contribution in [3.8, 4) is 0 Å². The molecule has 1 aromatic carbocycles. The van der Waals surface area contributed by atoms with E-state index >= 15 is 0 Å². The van der Waals surface area contributed by atoms with E-state index in [9.17, 15) is 9.59 Å². The van der Waals surface area contributed by atoms with E-state index in [0.717, 1.165) is 12.0 Å². The molecule has 114 valence electrons. The minimum absolute atomic E-state index is 0.0197. The molecule has 6 heteroatoms. The van der Waals surface area contributed by atoms with Gasteiger partial charge in [0.15, 0.2) is 0 Å². The van der Waals surface area contributed by atoms with E-state index in [-0.39, 0.29) is 17.9 Å². The summed E-state index contributed by atoms with van der Waals surface area (Å²) in [6.45, 7) is 2.00. The fraction of sp³-hybridized carbons (Fsp3) is 0.467. The van der Waals surface area contributed by atoms with Crippen LogP contribution in [0, 0.1) is 0 Å². The molecule has 1 fully saturated rings. The molecule has 1 aromatic rings. The summed E-state index contributed by atoms with van der Waals surface area (Å²) >= 11 is 12.0. The van der Waals surface area contributed by atoms with E-state index in [1.54, 1.807) is 12.1 Å². The van der Waals surface area contributed by atoms with Crippen LogP contribution in [0.1, 0.15) is 31.7 Å². The summed E-state index contributed by atoms with van der Waals surface area (Å²) in [4.78, 5) is 23.3. The van der Waals surface area contributed by atoms with E-state index in [0.29, 0.717) is 29.3 Å². The van der Waals surface area contributed by atoms with Crippen molar-refractivity contribution in [1.29, 1.82) is 0 Å². The highest BCUT2D eigenvalue weighted by Gasteiger charge is 2.28. The lowest BCUT2D eigenvalue weighted by atomic mass is 10.0. The second-order valence-corrected chi connectivity index (χ2v) is 6.06. The van der Waals surface area contributed by atoms with Crippen LogP contribution in [-0.4, -0.2) is 23.9 Å². The van der Waals surface area contributed by atoms with Crippen molar-refractivity contribution >= 4 is 35.0 Å². The second kappa shape index (κ2) is 7.14. The van der Waals surface area contributed by atoms with Gasteiger partial charge in [0.25, 0.3) is 0 Å². The average Bonchev–Trinajstić information content (AvgIpc) is 2.87. The zero-order valence-electron chi connectivity index (χ0n) is 11.8. The van der Waals surface area contributed by atoms with Crippen molar-refractivity contribution in [2.75, 3.05) is 0 Å². The number of hydrogen-bond acceptors (Lipinski definition) is 2. The summed E-state index contributed by atoms with van der Waals surface area (Å²) in [5.41, 5.74) is 0.948. The maximum atomic E-state index is 12.1. The molecule has 0 aliphatic carbocycles. The summed E-state index contributed by atoms with van der Waals surface area (Å²) in [5, 5.41) is 6.84. The van der Waals surface area contributed by atoms with Crippen LogP contribution in [0.15, 0.2) is 18.2 Å². The van der Waals surface area contributed by atoms with Gasteiger partial charge in [-0.25, -0.2) is 0 Å². The SMILES string of the molecule is CCC(Cc1ccc(Cl)cc1Cl)NC(=O)C1CCC(=O)N1. The molecule has 1 aliphatic heterocycles. The minimum Gasteiger partial charge on any atom is -0.351 e. The third-order valence-electron chi connectivity index (χ3n) is 3.63. The molecule has 21 heavy (non-hydrogen) atoms. The fourth-order valence-electron chi connectivity index (χ4n) is 2.36. The highest BCUT2D eigenvalue weighted by atomic mass is 35.5. The zero-order valence-corrected chi connectivity index (χ0v) is 13.3. The molecule has 0 saturated carbocycles. The summed E-state index contributed by atoms with van der Waals surface area (Å²) in [6.07, 6.45) is 2.39. The summed E-state index contributed by atoms with van der Waals surface area (Å²) in [7, 11) is 0. The van der Waals surface area contributed by atoms with Crippen molar-refractivity contribution in [3.63, 3.8) is 0 Å². The molecule has 2 amide bonds. The van der Waals surface area contributed by atoms with Crippen LogP contribution in [-0.2, 0) is 16.0 Å². The monoisotopic (exact) mass is 328 g/mol. The van der Waals surface area contributed by atoms with E-state index in [1.165, 1.54) is 0 Å². The van der Waals surface area contributed by atoms with Gasteiger partial charge in [-0.15, -0.1) is 0 Å².